The lowest BCUT2D eigenvalue weighted by Crippen LogP contribution is -2.21. The molecule has 5 heteroatoms. The summed E-state index contributed by atoms with van der Waals surface area (Å²) >= 11 is 0. The highest BCUT2D eigenvalue weighted by molar-refractivity contribution is 6.25. The van der Waals surface area contributed by atoms with Crippen molar-refractivity contribution < 1.29 is 19.1 Å². The van der Waals surface area contributed by atoms with Gasteiger partial charge in [-0.1, -0.05) is 19.4 Å². The number of hydrogen-bond acceptors (Lipinski definition) is 4. The van der Waals surface area contributed by atoms with Crippen LogP contribution in [0.2, 0.25) is 0 Å². The smallest absolute Gasteiger partial charge is 0.339 e. The van der Waals surface area contributed by atoms with Crippen LogP contribution >= 0.6 is 0 Å². The van der Waals surface area contributed by atoms with E-state index in [-0.39, 0.29) is 23.3 Å². The topological polar surface area (TPSA) is 72.5 Å². The molecule has 1 aromatic carbocycles. The van der Waals surface area contributed by atoms with Gasteiger partial charge in [-0.25, -0.2) is 4.79 Å². The van der Waals surface area contributed by atoms with E-state index in [2.05, 4.69) is 5.32 Å². The number of ether oxygens (including phenoxy) is 1. The lowest BCUT2D eigenvalue weighted by atomic mass is 9.94. The van der Waals surface area contributed by atoms with E-state index in [9.17, 15) is 14.4 Å². The number of esters is 1. The van der Waals surface area contributed by atoms with Crippen LogP contribution in [0.3, 0.4) is 0 Å². The molecule has 0 aromatic heterocycles. The van der Waals surface area contributed by atoms with Crippen molar-refractivity contribution in [3.63, 3.8) is 0 Å². The summed E-state index contributed by atoms with van der Waals surface area (Å²) < 4.78 is 4.99. The molecule has 0 unspecified atom stereocenters. The van der Waals surface area contributed by atoms with Crippen molar-refractivity contribution in [3.05, 3.63) is 34.4 Å². The first-order valence-corrected chi connectivity index (χ1v) is 6.28. The fraction of sp³-hybridized carbons (Fsp3) is 0.357. The molecule has 0 aliphatic carbocycles. The van der Waals surface area contributed by atoms with Crippen molar-refractivity contribution in [2.24, 2.45) is 0 Å². The predicted molar refractivity (Wildman–Crippen MR) is 68.2 cm³/mol. The third-order valence-corrected chi connectivity index (χ3v) is 2.99. The highest BCUT2D eigenvalue weighted by Gasteiger charge is 2.33. The summed E-state index contributed by atoms with van der Waals surface area (Å²) in [5.41, 5.74) is 1.36. The molecule has 19 heavy (non-hydrogen) atoms. The van der Waals surface area contributed by atoms with Gasteiger partial charge in [-0.05, 0) is 25.0 Å². The zero-order valence-corrected chi connectivity index (χ0v) is 10.9. The van der Waals surface area contributed by atoms with Gasteiger partial charge in [0.15, 0.2) is 0 Å². The van der Waals surface area contributed by atoms with Crippen LogP contribution in [0.5, 0.6) is 0 Å². The van der Waals surface area contributed by atoms with E-state index in [4.69, 9.17) is 4.74 Å². The van der Waals surface area contributed by atoms with Crippen LogP contribution in [0.25, 0.3) is 0 Å². The molecule has 5 nitrogen and oxygen atoms in total. The highest BCUT2D eigenvalue weighted by atomic mass is 16.5. The van der Waals surface area contributed by atoms with Gasteiger partial charge >= 0.3 is 5.97 Å². The Kier molecular flexibility index (Phi) is 3.64. The molecule has 1 aliphatic heterocycles. The van der Waals surface area contributed by atoms with Gasteiger partial charge in [-0.3, -0.25) is 14.9 Å². The van der Waals surface area contributed by atoms with Crippen LogP contribution in [-0.4, -0.2) is 24.4 Å². The fourth-order valence-electron chi connectivity index (χ4n) is 2.22. The second-order valence-electron chi connectivity index (χ2n) is 4.28. The zero-order valence-electron chi connectivity index (χ0n) is 10.9. The van der Waals surface area contributed by atoms with E-state index in [1.807, 2.05) is 6.92 Å². The van der Waals surface area contributed by atoms with Crippen LogP contribution in [0.4, 0.5) is 0 Å². The van der Waals surface area contributed by atoms with Crippen LogP contribution in [0.1, 0.15) is 56.9 Å². The Morgan fingerprint density at radius 2 is 1.95 bits per heavy atom. The molecule has 1 heterocycles. The monoisotopic (exact) mass is 261 g/mol. The Hall–Kier alpha value is -2.17. The van der Waals surface area contributed by atoms with Crippen LogP contribution in [0.15, 0.2) is 12.1 Å². The number of benzene rings is 1. The average Bonchev–Trinajstić information content (AvgIpc) is 2.65. The predicted octanol–water partition coefficient (Wildman–Crippen LogP) is 1.70. The molecule has 0 spiro atoms. The van der Waals surface area contributed by atoms with Crippen LogP contribution in [-0.2, 0) is 11.2 Å². The maximum Gasteiger partial charge on any atom is 0.339 e. The van der Waals surface area contributed by atoms with Crippen molar-refractivity contribution in [2.75, 3.05) is 6.61 Å². The number of rotatable bonds is 4. The van der Waals surface area contributed by atoms with Crippen molar-refractivity contribution in [2.45, 2.75) is 26.7 Å². The Labute approximate surface area is 110 Å². The molecule has 2 amide bonds. The minimum absolute atomic E-state index is 0.148. The third kappa shape index (κ3) is 2.23. The first kappa shape index (κ1) is 13.3. The number of aryl methyl sites for hydroxylation is 1. The first-order chi connectivity index (χ1) is 9.10. The number of carbonyl (C=O) groups excluding carboxylic acids is 3. The molecule has 0 saturated heterocycles. The Bertz CT molecular complexity index is 563. The second kappa shape index (κ2) is 5.22. The molecule has 0 fully saturated rings. The molecule has 2 rings (SSSR count). The van der Waals surface area contributed by atoms with Gasteiger partial charge in [0.05, 0.1) is 23.3 Å². The minimum Gasteiger partial charge on any atom is -0.462 e. The summed E-state index contributed by atoms with van der Waals surface area (Å²) in [5, 5.41) is 2.20. The van der Waals surface area contributed by atoms with Gasteiger partial charge in [0.1, 0.15) is 0 Å². The molecule has 0 radical (unpaired) electrons. The molecule has 0 saturated carbocycles. The summed E-state index contributed by atoms with van der Waals surface area (Å²) in [4.78, 5) is 35.5. The Morgan fingerprint density at radius 3 is 2.58 bits per heavy atom. The number of amides is 2. The lowest BCUT2D eigenvalue weighted by molar-refractivity contribution is 0.0521. The molecule has 1 N–H and O–H groups in total. The van der Waals surface area contributed by atoms with E-state index in [1.54, 1.807) is 19.1 Å². The number of hydrogen-bond donors (Lipinski definition) is 1. The molecule has 1 aromatic rings. The van der Waals surface area contributed by atoms with Crippen LogP contribution < -0.4 is 5.32 Å². The SMILES string of the molecule is CCCc1ccc2c(c1C(=O)OCC)C(=O)NC2=O. The van der Waals surface area contributed by atoms with E-state index < -0.39 is 17.8 Å². The maximum atomic E-state index is 12.0. The number of nitrogens with one attached hydrogen (secondary N) is 1. The normalized spacial score (nSPS) is 13.2. The van der Waals surface area contributed by atoms with E-state index in [1.165, 1.54) is 0 Å². The molecule has 0 atom stereocenters. The highest BCUT2D eigenvalue weighted by Crippen LogP contribution is 2.25. The molecular formula is C14H15NO4. The summed E-state index contributed by atoms with van der Waals surface area (Å²) in [6.45, 7) is 3.91. The van der Waals surface area contributed by atoms with Crippen molar-refractivity contribution in [3.8, 4) is 0 Å². The van der Waals surface area contributed by atoms with Gasteiger partial charge in [0.2, 0.25) is 0 Å². The zero-order chi connectivity index (χ0) is 14.0. The second-order valence-corrected chi connectivity index (χ2v) is 4.28. The van der Waals surface area contributed by atoms with Gasteiger partial charge < -0.3 is 4.74 Å². The maximum absolute atomic E-state index is 12.0. The summed E-state index contributed by atoms with van der Waals surface area (Å²) in [6, 6.07) is 3.30. The fourth-order valence-corrected chi connectivity index (χ4v) is 2.22. The van der Waals surface area contributed by atoms with Gasteiger partial charge in [0.25, 0.3) is 11.8 Å². The van der Waals surface area contributed by atoms with Crippen molar-refractivity contribution >= 4 is 17.8 Å². The summed E-state index contributed by atoms with van der Waals surface area (Å²) in [7, 11) is 0. The van der Waals surface area contributed by atoms with Crippen molar-refractivity contribution in [1.82, 2.24) is 5.32 Å². The van der Waals surface area contributed by atoms with Gasteiger partial charge in [0, 0.05) is 0 Å². The lowest BCUT2D eigenvalue weighted by Gasteiger charge is -2.11. The third-order valence-electron chi connectivity index (χ3n) is 2.99. The molecule has 0 bridgehead atoms. The quantitative estimate of drug-likeness (QED) is 0.661. The average molecular weight is 261 g/mol. The minimum atomic E-state index is -0.548. The van der Waals surface area contributed by atoms with E-state index in [0.717, 1.165) is 12.0 Å². The van der Waals surface area contributed by atoms with Gasteiger partial charge in [-0.15, -0.1) is 0 Å². The largest absolute Gasteiger partial charge is 0.462 e. The number of imide groups is 1. The first-order valence-electron chi connectivity index (χ1n) is 6.28. The van der Waals surface area contributed by atoms with E-state index in [0.29, 0.717) is 6.42 Å². The number of carbonyl (C=O) groups is 3. The summed E-state index contributed by atoms with van der Waals surface area (Å²) in [5.74, 6) is -1.54. The molecule has 100 valence electrons. The molecule has 1 aliphatic rings. The Morgan fingerprint density at radius 1 is 1.21 bits per heavy atom. The number of fused-ring (bicyclic) bond motifs is 1. The van der Waals surface area contributed by atoms with E-state index >= 15 is 0 Å². The Balaban J connectivity index is 2.62. The molecular weight excluding hydrogens is 246 g/mol. The van der Waals surface area contributed by atoms with Gasteiger partial charge in [-0.2, -0.15) is 0 Å². The van der Waals surface area contributed by atoms with Crippen molar-refractivity contribution in [1.29, 1.82) is 0 Å². The summed E-state index contributed by atoms with van der Waals surface area (Å²) in [6.07, 6.45) is 1.49. The standard InChI is InChI=1S/C14H15NO4/c1-3-5-8-6-7-9-11(13(17)15-12(9)16)10(8)14(18)19-4-2/h6-7H,3-5H2,1-2H3,(H,15,16,17). The van der Waals surface area contributed by atoms with Crippen LogP contribution in [0, 0.1) is 0 Å².